The lowest BCUT2D eigenvalue weighted by atomic mass is 10.0. The molecule has 0 aliphatic carbocycles. The average molecular weight is 444 g/mol. The lowest BCUT2D eigenvalue weighted by molar-refractivity contribution is -0.136. The number of hydrogen-bond acceptors (Lipinski definition) is 7. The number of nitrogens with one attached hydrogen (secondary N) is 1. The number of rotatable bonds is 5. The fraction of sp³-hybridized carbons (Fsp3) is 0.500. The van der Waals surface area contributed by atoms with Gasteiger partial charge in [0.25, 0.3) is 11.8 Å². The van der Waals surface area contributed by atoms with Crippen LogP contribution in [0.15, 0.2) is 18.2 Å². The van der Waals surface area contributed by atoms with Crippen LogP contribution in [0.25, 0.3) is 0 Å². The summed E-state index contributed by atoms with van der Waals surface area (Å²) in [5, 5.41) is 2.19. The third-order valence-corrected chi connectivity index (χ3v) is 5.33. The minimum Gasteiger partial charge on any atom is -0.444 e. The molecular formula is C22H28N4O6. The zero-order valence-corrected chi connectivity index (χ0v) is 18.9. The van der Waals surface area contributed by atoms with Crippen molar-refractivity contribution in [1.82, 2.24) is 15.1 Å². The number of amides is 5. The van der Waals surface area contributed by atoms with Crippen molar-refractivity contribution < 1.29 is 28.7 Å². The Labute approximate surface area is 186 Å². The molecule has 2 aliphatic heterocycles. The Morgan fingerprint density at radius 3 is 2.44 bits per heavy atom. The van der Waals surface area contributed by atoms with E-state index >= 15 is 0 Å². The van der Waals surface area contributed by atoms with Gasteiger partial charge in [-0.05, 0) is 39.3 Å². The second kappa shape index (κ2) is 8.60. The number of benzene rings is 1. The van der Waals surface area contributed by atoms with Crippen LogP contribution >= 0.6 is 0 Å². The first-order chi connectivity index (χ1) is 14.9. The van der Waals surface area contributed by atoms with Crippen LogP contribution < -0.4 is 10.2 Å². The zero-order valence-electron chi connectivity index (χ0n) is 18.9. The molecule has 1 aromatic rings. The normalized spacial score (nSPS) is 18.4. The third-order valence-electron chi connectivity index (χ3n) is 5.33. The van der Waals surface area contributed by atoms with E-state index in [0.717, 1.165) is 4.90 Å². The van der Waals surface area contributed by atoms with Gasteiger partial charge in [0.05, 0.1) is 16.8 Å². The molecule has 10 nitrogen and oxygen atoms in total. The van der Waals surface area contributed by atoms with Crippen LogP contribution in [0.2, 0.25) is 0 Å². The quantitative estimate of drug-likeness (QED) is 0.682. The van der Waals surface area contributed by atoms with E-state index in [1.165, 1.54) is 4.90 Å². The first-order valence-corrected chi connectivity index (χ1v) is 10.4. The van der Waals surface area contributed by atoms with Crippen molar-refractivity contribution in [1.29, 1.82) is 0 Å². The number of likely N-dealkylation sites (N-methyl/N-ethyl adjacent to an activating group) is 2. The van der Waals surface area contributed by atoms with E-state index in [0.29, 0.717) is 18.8 Å². The van der Waals surface area contributed by atoms with Gasteiger partial charge in [-0.25, -0.2) is 4.79 Å². The molecule has 1 aromatic carbocycles. The molecule has 0 aromatic heterocycles. The van der Waals surface area contributed by atoms with Gasteiger partial charge in [0.15, 0.2) is 0 Å². The highest BCUT2D eigenvalue weighted by Gasteiger charge is 2.45. The summed E-state index contributed by atoms with van der Waals surface area (Å²) in [5.74, 6) is -2.19. The molecule has 3 rings (SSSR count). The van der Waals surface area contributed by atoms with Gasteiger partial charge in [-0.1, -0.05) is 6.07 Å². The van der Waals surface area contributed by atoms with Crippen molar-refractivity contribution in [3.05, 3.63) is 29.3 Å². The van der Waals surface area contributed by atoms with Crippen molar-refractivity contribution in [2.24, 2.45) is 0 Å². The largest absolute Gasteiger partial charge is 0.444 e. The molecule has 1 saturated heterocycles. The summed E-state index contributed by atoms with van der Waals surface area (Å²) >= 11 is 0. The molecule has 0 spiro atoms. The Morgan fingerprint density at radius 2 is 1.81 bits per heavy atom. The molecule has 0 radical (unpaired) electrons. The molecule has 1 fully saturated rings. The second-order valence-corrected chi connectivity index (χ2v) is 8.97. The van der Waals surface area contributed by atoms with Crippen LogP contribution in [-0.2, 0) is 14.3 Å². The van der Waals surface area contributed by atoms with Crippen LogP contribution in [0.3, 0.4) is 0 Å². The van der Waals surface area contributed by atoms with Gasteiger partial charge in [-0.2, -0.15) is 0 Å². The van der Waals surface area contributed by atoms with Crippen molar-refractivity contribution >= 4 is 35.4 Å². The fourth-order valence-electron chi connectivity index (χ4n) is 3.67. The van der Waals surface area contributed by atoms with Crippen molar-refractivity contribution in [2.75, 3.05) is 32.1 Å². The summed E-state index contributed by atoms with van der Waals surface area (Å²) in [6, 6.07) is 3.91. The summed E-state index contributed by atoms with van der Waals surface area (Å²) in [5.41, 5.74) is 0.339. The number of imide groups is 2. The summed E-state index contributed by atoms with van der Waals surface area (Å²) < 4.78 is 5.34. The Balaban J connectivity index is 1.76. The first-order valence-electron chi connectivity index (χ1n) is 10.4. The fourth-order valence-corrected chi connectivity index (χ4v) is 3.67. The molecule has 1 atom stereocenters. The van der Waals surface area contributed by atoms with Gasteiger partial charge in [0, 0.05) is 33.6 Å². The Hall–Kier alpha value is -3.43. The first kappa shape index (κ1) is 23.2. The number of ether oxygens (including phenoxy) is 1. The molecule has 10 heteroatoms. The molecule has 1 unspecified atom stereocenters. The van der Waals surface area contributed by atoms with E-state index in [-0.39, 0.29) is 24.0 Å². The van der Waals surface area contributed by atoms with E-state index in [1.807, 2.05) is 0 Å². The summed E-state index contributed by atoms with van der Waals surface area (Å²) in [7, 11) is 3.38. The molecule has 32 heavy (non-hydrogen) atoms. The molecule has 0 saturated carbocycles. The van der Waals surface area contributed by atoms with E-state index in [1.54, 1.807) is 58.0 Å². The number of carbonyl (C=O) groups excluding carboxylic acids is 5. The average Bonchev–Trinajstić information content (AvgIpc) is 2.95. The highest BCUT2D eigenvalue weighted by Crippen LogP contribution is 2.33. The number of piperidine rings is 1. The summed E-state index contributed by atoms with van der Waals surface area (Å²) in [6.45, 7) is 6.07. The zero-order chi connectivity index (χ0) is 23.8. The lowest BCUT2D eigenvalue weighted by Crippen LogP contribution is -2.54. The van der Waals surface area contributed by atoms with Gasteiger partial charge in [0.2, 0.25) is 11.8 Å². The molecular weight excluding hydrogens is 416 g/mol. The predicted molar refractivity (Wildman–Crippen MR) is 115 cm³/mol. The summed E-state index contributed by atoms with van der Waals surface area (Å²) in [4.78, 5) is 66.2. The molecule has 0 bridgehead atoms. The maximum atomic E-state index is 13.2. The van der Waals surface area contributed by atoms with Crippen LogP contribution in [0.1, 0.15) is 54.3 Å². The van der Waals surface area contributed by atoms with E-state index in [2.05, 4.69) is 5.32 Å². The summed E-state index contributed by atoms with van der Waals surface area (Å²) in [6.07, 6.45) is -0.297. The number of carbonyl (C=O) groups is 5. The lowest BCUT2D eigenvalue weighted by Gasteiger charge is -2.28. The Kier molecular flexibility index (Phi) is 6.25. The van der Waals surface area contributed by atoms with Gasteiger partial charge < -0.3 is 14.5 Å². The Bertz CT molecular complexity index is 983. The van der Waals surface area contributed by atoms with E-state index in [9.17, 15) is 24.0 Å². The smallest absolute Gasteiger partial charge is 0.410 e. The number of anilines is 1. The van der Waals surface area contributed by atoms with Gasteiger partial charge in [0.1, 0.15) is 11.6 Å². The molecule has 5 amide bonds. The molecule has 172 valence electrons. The molecule has 2 heterocycles. The number of nitrogens with zero attached hydrogens (tertiary/aromatic N) is 3. The van der Waals surface area contributed by atoms with Crippen LogP contribution in [0.5, 0.6) is 0 Å². The van der Waals surface area contributed by atoms with Gasteiger partial charge in [-0.3, -0.25) is 29.4 Å². The maximum Gasteiger partial charge on any atom is 0.410 e. The number of hydrogen-bond donors (Lipinski definition) is 1. The number of fused-ring (bicyclic) bond motifs is 1. The van der Waals surface area contributed by atoms with E-state index < -0.39 is 41.4 Å². The van der Waals surface area contributed by atoms with Crippen LogP contribution in [-0.4, -0.2) is 78.3 Å². The highest BCUT2D eigenvalue weighted by atomic mass is 16.6. The van der Waals surface area contributed by atoms with E-state index in [4.69, 9.17) is 4.74 Å². The third kappa shape index (κ3) is 4.58. The van der Waals surface area contributed by atoms with Gasteiger partial charge >= 0.3 is 6.09 Å². The maximum absolute atomic E-state index is 13.2. The topological polar surface area (TPSA) is 116 Å². The van der Waals surface area contributed by atoms with Crippen molar-refractivity contribution in [3.8, 4) is 0 Å². The SMILES string of the molecule is CN(CCN(C)c1cccc2c1C(=O)N(C1CCC(=O)NC1=O)C2=O)C(=O)OC(C)(C)C. The highest BCUT2D eigenvalue weighted by molar-refractivity contribution is 6.25. The Morgan fingerprint density at radius 1 is 1.12 bits per heavy atom. The van der Waals surface area contributed by atoms with Crippen molar-refractivity contribution in [3.63, 3.8) is 0 Å². The predicted octanol–water partition coefficient (Wildman–Crippen LogP) is 1.39. The second-order valence-electron chi connectivity index (χ2n) is 8.97. The van der Waals surface area contributed by atoms with Crippen LogP contribution in [0, 0.1) is 0 Å². The molecule has 2 aliphatic rings. The standard InChI is InChI=1S/C22H28N4O6/c1-22(2,3)32-21(31)25(5)12-11-24(4)14-8-6-7-13-17(14)20(30)26(19(13)29)15-9-10-16(27)23-18(15)28/h6-8,15H,9-12H2,1-5H3,(H,23,27,28). The molecule has 1 N–H and O–H groups in total. The minimum absolute atomic E-state index is 0.0631. The monoisotopic (exact) mass is 444 g/mol. The van der Waals surface area contributed by atoms with Gasteiger partial charge in [-0.15, -0.1) is 0 Å². The van der Waals surface area contributed by atoms with Crippen LogP contribution in [0.4, 0.5) is 10.5 Å². The van der Waals surface area contributed by atoms with Crippen molar-refractivity contribution in [2.45, 2.75) is 45.3 Å². The minimum atomic E-state index is -1.02.